The fraction of sp³-hybridized carbons (Fsp3) is 0.286. The first-order valence-electron chi connectivity index (χ1n) is 6.46. The number of nitrogens with zero attached hydrogens (tertiary/aromatic N) is 2. The molecule has 104 valence electrons. The number of amides is 1. The first-order chi connectivity index (χ1) is 9.81. The molecule has 0 radical (unpaired) electrons. The van der Waals surface area contributed by atoms with E-state index in [-0.39, 0.29) is 11.9 Å². The van der Waals surface area contributed by atoms with Crippen LogP contribution in [0.15, 0.2) is 41.3 Å². The molecule has 0 unspecified atom stereocenters. The maximum atomic E-state index is 11.7. The number of hydrogen-bond acceptors (Lipinski definition) is 4. The number of nitrogens with one attached hydrogen (secondary N) is 1. The maximum absolute atomic E-state index is 11.7. The van der Waals surface area contributed by atoms with Gasteiger partial charge in [-0.3, -0.25) is 9.48 Å². The smallest absolute Gasteiger partial charge is 0.248 e. The predicted molar refractivity (Wildman–Crippen MR) is 73.1 cm³/mol. The van der Waals surface area contributed by atoms with E-state index in [0.29, 0.717) is 18.1 Å². The molecule has 1 aliphatic heterocycles. The van der Waals surface area contributed by atoms with Crippen molar-refractivity contribution in [1.82, 2.24) is 9.78 Å². The van der Waals surface area contributed by atoms with Crippen molar-refractivity contribution in [3.05, 3.63) is 42.6 Å². The van der Waals surface area contributed by atoms with Crippen LogP contribution < -0.4 is 5.32 Å². The molecule has 3 heterocycles. The van der Waals surface area contributed by atoms with Crippen molar-refractivity contribution in [1.29, 1.82) is 0 Å². The highest BCUT2D eigenvalue weighted by atomic mass is 16.5. The highest BCUT2D eigenvalue weighted by molar-refractivity contribution is 6.01. The Kier molecular flexibility index (Phi) is 3.64. The summed E-state index contributed by atoms with van der Waals surface area (Å²) in [5, 5.41) is 7.00. The van der Waals surface area contributed by atoms with Gasteiger partial charge in [0.2, 0.25) is 5.91 Å². The monoisotopic (exact) mass is 273 g/mol. The van der Waals surface area contributed by atoms with Crippen LogP contribution in [0.2, 0.25) is 0 Å². The van der Waals surface area contributed by atoms with E-state index in [0.717, 1.165) is 13.0 Å². The van der Waals surface area contributed by atoms with Gasteiger partial charge in [0.25, 0.3) is 0 Å². The van der Waals surface area contributed by atoms with Crippen molar-refractivity contribution >= 4 is 17.7 Å². The van der Waals surface area contributed by atoms with Crippen LogP contribution >= 0.6 is 0 Å². The average Bonchev–Trinajstić information content (AvgIpc) is 3.18. The number of carbonyl (C=O) groups excluding carboxylic acids is 1. The van der Waals surface area contributed by atoms with Gasteiger partial charge in [-0.1, -0.05) is 0 Å². The van der Waals surface area contributed by atoms with Gasteiger partial charge in [-0.05, 0) is 24.6 Å². The van der Waals surface area contributed by atoms with E-state index < -0.39 is 0 Å². The van der Waals surface area contributed by atoms with Gasteiger partial charge in [0, 0.05) is 18.9 Å². The Balaban J connectivity index is 1.58. The van der Waals surface area contributed by atoms with Gasteiger partial charge in [0.1, 0.15) is 5.76 Å². The van der Waals surface area contributed by atoms with Crippen LogP contribution in [-0.4, -0.2) is 28.9 Å². The molecule has 0 aliphatic carbocycles. The van der Waals surface area contributed by atoms with Gasteiger partial charge in [0.05, 0.1) is 30.8 Å². The van der Waals surface area contributed by atoms with E-state index in [2.05, 4.69) is 10.4 Å². The number of rotatable bonds is 4. The van der Waals surface area contributed by atoms with Crippen molar-refractivity contribution < 1.29 is 13.9 Å². The minimum atomic E-state index is -0.219. The molecule has 1 fully saturated rings. The zero-order chi connectivity index (χ0) is 13.8. The second kappa shape index (κ2) is 5.75. The fourth-order valence-electron chi connectivity index (χ4n) is 2.06. The zero-order valence-corrected chi connectivity index (χ0v) is 10.9. The summed E-state index contributed by atoms with van der Waals surface area (Å²) >= 11 is 0. The fourth-order valence-corrected chi connectivity index (χ4v) is 2.06. The van der Waals surface area contributed by atoms with Crippen LogP contribution in [0.5, 0.6) is 0 Å². The van der Waals surface area contributed by atoms with Crippen LogP contribution in [0.25, 0.3) is 6.08 Å². The third-order valence-electron chi connectivity index (χ3n) is 3.09. The number of aromatic nitrogens is 2. The van der Waals surface area contributed by atoms with Gasteiger partial charge in [0.15, 0.2) is 0 Å². The minimum Gasteiger partial charge on any atom is -0.465 e. The Morgan fingerprint density at radius 3 is 3.25 bits per heavy atom. The molecule has 2 aromatic rings. The lowest BCUT2D eigenvalue weighted by Gasteiger charge is -2.06. The second-order valence-electron chi connectivity index (χ2n) is 4.56. The highest BCUT2D eigenvalue weighted by Crippen LogP contribution is 2.19. The standard InChI is InChI=1S/C14H15N3O3/c18-14(4-3-13-2-1-6-20-13)16-11-8-15-17(9-11)12-5-7-19-10-12/h1-4,6,8-9,12H,5,7,10H2,(H,16,18)/b4-3+/t12-/m0/s1. The molecule has 0 saturated carbocycles. The summed E-state index contributed by atoms with van der Waals surface area (Å²) in [5.74, 6) is 0.419. The highest BCUT2D eigenvalue weighted by Gasteiger charge is 2.18. The first kappa shape index (κ1) is 12.7. The van der Waals surface area contributed by atoms with E-state index in [1.165, 1.54) is 6.08 Å². The molecular formula is C14H15N3O3. The summed E-state index contributed by atoms with van der Waals surface area (Å²) in [4.78, 5) is 11.7. The Morgan fingerprint density at radius 1 is 1.55 bits per heavy atom. The molecule has 1 saturated heterocycles. The molecule has 3 rings (SSSR count). The molecule has 1 atom stereocenters. The van der Waals surface area contributed by atoms with Crippen LogP contribution in [-0.2, 0) is 9.53 Å². The molecule has 0 aromatic carbocycles. The van der Waals surface area contributed by atoms with Crippen molar-refractivity contribution in [2.45, 2.75) is 12.5 Å². The first-order valence-corrected chi connectivity index (χ1v) is 6.46. The van der Waals surface area contributed by atoms with Gasteiger partial charge in [-0.15, -0.1) is 0 Å². The molecule has 2 aromatic heterocycles. The molecule has 1 aliphatic rings. The summed E-state index contributed by atoms with van der Waals surface area (Å²) in [7, 11) is 0. The SMILES string of the molecule is O=C(/C=C/c1ccco1)Nc1cnn([C@H]2CCOC2)c1. The van der Waals surface area contributed by atoms with Crippen LogP contribution in [0.1, 0.15) is 18.2 Å². The normalized spacial score (nSPS) is 18.7. The number of carbonyl (C=O) groups is 1. The van der Waals surface area contributed by atoms with Gasteiger partial charge in [-0.2, -0.15) is 5.10 Å². The summed E-state index contributed by atoms with van der Waals surface area (Å²) < 4.78 is 12.3. The minimum absolute atomic E-state index is 0.219. The number of furan rings is 1. The summed E-state index contributed by atoms with van der Waals surface area (Å²) in [6.45, 7) is 1.44. The number of ether oxygens (including phenoxy) is 1. The van der Waals surface area contributed by atoms with E-state index >= 15 is 0 Å². The lowest BCUT2D eigenvalue weighted by Crippen LogP contribution is -2.09. The van der Waals surface area contributed by atoms with Crippen LogP contribution in [0, 0.1) is 0 Å². The Morgan fingerprint density at radius 2 is 2.50 bits per heavy atom. The number of hydrogen-bond donors (Lipinski definition) is 1. The van der Waals surface area contributed by atoms with Gasteiger partial charge >= 0.3 is 0 Å². The lowest BCUT2D eigenvalue weighted by atomic mass is 10.3. The van der Waals surface area contributed by atoms with Crippen molar-refractivity contribution in [3.8, 4) is 0 Å². The Labute approximate surface area is 116 Å². The third kappa shape index (κ3) is 2.97. The van der Waals surface area contributed by atoms with Crippen molar-refractivity contribution in [2.24, 2.45) is 0 Å². The van der Waals surface area contributed by atoms with Crippen LogP contribution in [0.4, 0.5) is 5.69 Å². The molecule has 6 nitrogen and oxygen atoms in total. The predicted octanol–water partition coefficient (Wildman–Crippen LogP) is 2.09. The largest absolute Gasteiger partial charge is 0.465 e. The lowest BCUT2D eigenvalue weighted by molar-refractivity contribution is -0.111. The summed E-state index contributed by atoms with van der Waals surface area (Å²) in [6, 6.07) is 3.81. The van der Waals surface area contributed by atoms with E-state index in [9.17, 15) is 4.79 Å². The van der Waals surface area contributed by atoms with Gasteiger partial charge < -0.3 is 14.5 Å². The quantitative estimate of drug-likeness (QED) is 0.866. The van der Waals surface area contributed by atoms with Crippen molar-refractivity contribution in [2.75, 3.05) is 18.5 Å². The average molecular weight is 273 g/mol. The molecular weight excluding hydrogens is 258 g/mol. The Bertz CT molecular complexity index is 595. The zero-order valence-electron chi connectivity index (χ0n) is 10.9. The Hall–Kier alpha value is -2.34. The number of anilines is 1. The van der Waals surface area contributed by atoms with E-state index in [4.69, 9.17) is 9.15 Å². The van der Waals surface area contributed by atoms with Crippen LogP contribution in [0.3, 0.4) is 0 Å². The molecule has 20 heavy (non-hydrogen) atoms. The molecule has 0 bridgehead atoms. The molecule has 1 amide bonds. The molecule has 0 spiro atoms. The summed E-state index contributed by atoms with van der Waals surface area (Å²) in [6.07, 6.45) is 9.01. The molecule has 6 heteroatoms. The van der Waals surface area contributed by atoms with E-state index in [1.54, 1.807) is 30.7 Å². The second-order valence-corrected chi connectivity index (χ2v) is 4.56. The summed E-state index contributed by atoms with van der Waals surface area (Å²) in [5.41, 5.74) is 0.672. The third-order valence-corrected chi connectivity index (χ3v) is 3.09. The van der Waals surface area contributed by atoms with Crippen molar-refractivity contribution in [3.63, 3.8) is 0 Å². The van der Waals surface area contributed by atoms with E-state index in [1.807, 2.05) is 10.9 Å². The van der Waals surface area contributed by atoms with Gasteiger partial charge in [-0.25, -0.2) is 0 Å². The molecule has 1 N–H and O–H groups in total. The topological polar surface area (TPSA) is 69.3 Å². The maximum Gasteiger partial charge on any atom is 0.248 e.